The quantitative estimate of drug-likeness (QED) is 0.825. The molecule has 0 bridgehead atoms. The number of rotatable bonds is 6. The molecule has 1 aromatic heterocycles. The molecule has 0 aromatic carbocycles. The molecule has 0 aliphatic carbocycles. The predicted molar refractivity (Wildman–Crippen MR) is 69.1 cm³/mol. The van der Waals surface area contributed by atoms with E-state index in [1.165, 1.54) is 6.42 Å². The topological polar surface area (TPSA) is 39.1 Å². The molecule has 4 nitrogen and oxygen atoms in total. The van der Waals surface area contributed by atoms with Crippen LogP contribution in [-0.4, -0.2) is 29.5 Å². The van der Waals surface area contributed by atoms with Crippen LogP contribution in [0, 0.1) is 11.8 Å². The Kier molecular flexibility index (Phi) is 4.42. The summed E-state index contributed by atoms with van der Waals surface area (Å²) in [5.41, 5.74) is 0. The van der Waals surface area contributed by atoms with Crippen LogP contribution in [0.2, 0.25) is 0 Å². The lowest BCUT2D eigenvalue weighted by Gasteiger charge is -2.13. The van der Waals surface area contributed by atoms with E-state index in [0.29, 0.717) is 5.92 Å². The van der Waals surface area contributed by atoms with E-state index in [2.05, 4.69) is 35.0 Å². The van der Waals surface area contributed by atoms with Crippen LogP contribution >= 0.6 is 0 Å². The Morgan fingerprint density at radius 3 is 3.18 bits per heavy atom. The zero-order valence-corrected chi connectivity index (χ0v) is 10.9. The molecule has 0 unspecified atom stereocenters. The lowest BCUT2D eigenvalue weighted by Crippen LogP contribution is -2.15. The van der Waals surface area contributed by atoms with E-state index in [9.17, 15) is 0 Å². The second kappa shape index (κ2) is 6.05. The zero-order valence-electron chi connectivity index (χ0n) is 10.9. The second-order valence-corrected chi connectivity index (χ2v) is 5.24. The average Bonchev–Trinajstić information content (AvgIpc) is 2.91. The number of ether oxygens (including phenoxy) is 1. The summed E-state index contributed by atoms with van der Waals surface area (Å²) in [6, 6.07) is 2.05. The molecule has 1 atom stereocenters. The van der Waals surface area contributed by atoms with Crippen molar-refractivity contribution in [3.63, 3.8) is 0 Å². The van der Waals surface area contributed by atoms with Gasteiger partial charge in [-0.3, -0.25) is 0 Å². The molecule has 0 radical (unpaired) electrons. The fraction of sp³-hybridized carbons (Fsp3) is 0.769. The summed E-state index contributed by atoms with van der Waals surface area (Å²) in [7, 11) is 0. The van der Waals surface area contributed by atoms with Crippen molar-refractivity contribution in [2.45, 2.75) is 33.2 Å². The van der Waals surface area contributed by atoms with Gasteiger partial charge in [0.25, 0.3) is 0 Å². The second-order valence-electron chi connectivity index (χ2n) is 5.24. The Hall–Kier alpha value is -1.03. The van der Waals surface area contributed by atoms with Gasteiger partial charge in [0.15, 0.2) is 0 Å². The minimum atomic E-state index is 0.626. The monoisotopic (exact) mass is 237 g/mol. The first kappa shape index (κ1) is 12.4. The SMILES string of the molecule is CC(C)CCNc1ccnn1C[C@@H]1CCOC1. The third-order valence-corrected chi connectivity index (χ3v) is 3.20. The summed E-state index contributed by atoms with van der Waals surface area (Å²) < 4.78 is 7.47. The van der Waals surface area contributed by atoms with Crippen molar-refractivity contribution in [2.75, 3.05) is 25.1 Å². The van der Waals surface area contributed by atoms with Crippen molar-refractivity contribution in [1.29, 1.82) is 0 Å². The molecular formula is C13H23N3O. The van der Waals surface area contributed by atoms with Crippen LogP contribution in [-0.2, 0) is 11.3 Å². The molecule has 17 heavy (non-hydrogen) atoms. The van der Waals surface area contributed by atoms with Crippen LogP contribution in [0.5, 0.6) is 0 Å². The molecule has 0 amide bonds. The molecule has 1 fully saturated rings. The van der Waals surface area contributed by atoms with Crippen LogP contribution in [0.15, 0.2) is 12.3 Å². The van der Waals surface area contributed by atoms with Crippen molar-refractivity contribution >= 4 is 5.82 Å². The van der Waals surface area contributed by atoms with Gasteiger partial charge >= 0.3 is 0 Å². The van der Waals surface area contributed by atoms with E-state index in [1.54, 1.807) is 0 Å². The number of hydrogen-bond donors (Lipinski definition) is 1. The first-order chi connectivity index (χ1) is 8.25. The van der Waals surface area contributed by atoms with Gasteiger partial charge in [0, 0.05) is 31.7 Å². The number of nitrogens with one attached hydrogen (secondary N) is 1. The average molecular weight is 237 g/mol. The van der Waals surface area contributed by atoms with Gasteiger partial charge in [-0.1, -0.05) is 13.8 Å². The van der Waals surface area contributed by atoms with Gasteiger partial charge in [0.05, 0.1) is 12.8 Å². The summed E-state index contributed by atoms with van der Waals surface area (Å²) in [5, 5.41) is 7.83. The van der Waals surface area contributed by atoms with Gasteiger partial charge in [-0.05, 0) is 18.8 Å². The first-order valence-corrected chi connectivity index (χ1v) is 6.59. The third-order valence-electron chi connectivity index (χ3n) is 3.20. The van der Waals surface area contributed by atoms with Crippen LogP contribution in [0.1, 0.15) is 26.7 Å². The molecular weight excluding hydrogens is 214 g/mol. The predicted octanol–water partition coefficient (Wildman–Crippen LogP) is 2.38. The molecule has 1 saturated heterocycles. The van der Waals surface area contributed by atoms with Gasteiger partial charge in [0.2, 0.25) is 0 Å². The van der Waals surface area contributed by atoms with Gasteiger partial charge < -0.3 is 10.1 Å². The highest BCUT2D eigenvalue weighted by molar-refractivity contribution is 5.33. The fourth-order valence-electron chi connectivity index (χ4n) is 2.09. The molecule has 2 heterocycles. The molecule has 1 aliphatic rings. The Morgan fingerprint density at radius 1 is 1.59 bits per heavy atom. The highest BCUT2D eigenvalue weighted by Crippen LogP contribution is 2.17. The summed E-state index contributed by atoms with van der Waals surface area (Å²) in [6.45, 7) is 8.26. The molecule has 0 saturated carbocycles. The van der Waals surface area contributed by atoms with E-state index in [-0.39, 0.29) is 0 Å². The number of aromatic nitrogens is 2. The van der Waals surface area contributed by atoms with Gasteiger partial charge in [-0.15, -0.1) is 0 Å². The standard InChI is InChI=1S/C13H23N3O/c1-11(2)3-6-14-13-4-7-15-16(13)9-12-5-8-17-10-12/h4,7,11-12,14H,3,5-6,8-10H2,1-2H3/t12-/m0/s1. The lowest BCUT2D eigenvalue weighted by molar-refractivity contribution is 0.181. The zero-order chi connectivity index (χ0) is 12.1. The van der Waals surface area contributed by atoms with Crippen molar-refractivity contribution < 1.29 is 4.74 Å². The van der Waals surface area contributed by atoms with Gasteiger partial charge in [-0.25, -0.2) is 4.68 Å². The first-order valence-electron chi connectivity index (χ1n) is 6.59. The maximum Gasteiger partial charge on any atom is 0.124 e. The summed E-state index contributed by atoms with van der Waals surface area (Å²) in [6.07, 6.45) is 4.22. The van der Waals surface area contributed by atoms with Gasteiger partial charge in [0.1, 0.15) is 5.82 Å². The summed E-state index contributed by atoms with van der Waals surface area (Å²) in [4.78, 5) is 0. The van der Waals surface area contributed by atoms with Crippen molar-refractivity contribution in [2.24, 2.45) is 11.8 Å². The number of anilines is 1. The molecule has 0 spiro atoms. The van der Waals surface area contributed by atoms with E-state index in [4.69, 9.17) is 4.74 Å². The number of nitrogens with zero attached hydrogens (tertiary/aromatic N) is 2. The molecule has 1 aromatic rings. The van der Waals surface area contributed by atoms with Crippen LogP contribution in [0.3, 0.4) is 0 Å². The van der Waals surface area contributed by atoms with E-state index in [1.807, 2.05) is 6.20 Å². The molecule has 4 heteroatoms. The van der Waals surface area contributed by atoms with E-state index >= 15 is 0 Å². The highest BCUT2D eigenvalue weighted by atomic mass is 16.5. The normalized spacial score (nSPS) is 20.1. The summed E-state index contributed by atoms with van der Waals surface area (Å²) >= 11 is 0. The number of hydrogen-bond acceptors (Lipinski definition) is 3. The smallest absolute Gasteiger partial charge is 0.124 e. The Morgan fingerprint density at radius 2 is 2.47 bits per heavy atom. The Bertz CT molecular complexity index is 329. The molecule has 1 aliphatic heterocycles. The fourth-order valence-corrected chi connectivity index (χ4v) is 2.09. The van der Waals surface area contributed by atoms with E-state index in [0.717, 1.165) is 44.5 Å². The summed E-state index contributed by atoms with van der Waals surface area (Å²) in [5.74, 6) is 2.50. The maximum atomic E-state index is 5.40. The Balaban J connectivity index is 1.83. The third kappa shape index (κ3) is 3.73. The lowest BCUT2D eigenvalue weighted by atomic mass is 10.1. The van der Waals surface area contributed by atoms with Crippen LogP contribution in [0.4, 0.5) is 5.82 Å². The van der Waals surface area contributed by atoms with Crippen LogP contribution < -0.4 is 5.32 Å². The van der Waals surface area contributed by atoms with Crippen molar-refractivity contribution in [3.8, 4) is 0 Å². The minimum Gasteiger partial charge on any atom is -0.381 e. The molecule has 2 rings (SSSR count). The highest BCUT2D eigenvalue weighted by Gasteiger charge is 2.17. The largest absolute Gasteiger partial charge is 0.381 e. The van der Waals surface area contributed by atoms with E-state index < -0.39 is 0 Å². The minimum absolute atomic E-state index is 0.626. The van der Waals surface area contributed by atoms with Crippen molar-refractivity contribution in [3.05, 3.63) is 12.3 Å². The van der Waals surface area contributed by atoms with Crippen molar-refractivity contribution in [1.82, 2.24) is 9.78 Å². The van der Waals surface area contributed by atoms with Gasteiger partial charge in [-0.2, -0.15) is 5.10 Å². The van der Waals surface area contributed by atoms with Crippen LogP contribution in [0.25, 0.3) is 0 Å². The maximum absolute atomic E-state index is 5.40. The Labute approximate surface area is 103 Å². The molecule has 1 N–H and O–H groups in total. The molecule has 96 valence electrons.